The highest BCUT2D eigenvalue weighted by molar-refractivity contribution is 6.00. The molecule has 1 aromatic rings. The van der Waals surface area contributed by atoms with Crippen molar-refractivity contribution in [3.05, 3.63) is 41.5 Å². The number of aliphatic hydroxyl groups excluding tert-OH is 1. The minimum Gasteiger partial charge on any atom is -0.478 e. The van der Waals surface area contributed by atoms with Gasteiger partial charge in [-0.2, -0.15) is 0 Å². The van der Waals surface area contributed by atoms with Crippen molar-refractivity contribution < 1.29 is 24.6 Å². The van der Waals surface area contributed by atoms with Crippen molar-refractivity contribution in [3.63, 3.8) is 0 Å². The molecule has 0 bridgehead atoms. The van der Waals surface area contributed by atoms with Gasteiger partial charge in [-0.3, -0.25) is 9.59 Å². The van der Waals surface area contributed by atoms with Crippen molar-refractivity contribution in [2.45, 2.75) is 58.8 Å². The highest BCUT2D eigenvalue weighted by atomic mass is 16.4. The summed E-state index contributed by atoms with van der Waals surface area (Å²) in [5.74, 6) is 0.910. The zero-order valence-electron chi connectivity index (χ0n) is 19.5. The second-order valence-corrected chi connectivity index (χ2v) is 11.3. The van der Waals surface area contributed by atoms with Gasteiger partial charge in [0.25, 0.3) is 0 Å². The molecule has 5 nitrogen and oxygen atoms in total. The summed E-state index contributed by atoms with van der Waals surface area (Å²) < 4.78 is 0. The van der Waals surface area contributed by atoms with E-state index < -0.39 is 5.97 Å². The van der Waals surface area contributed by atoms with E-state index in [1.54, 1.807) is 12.1 Å². The Hall–Kier alpha value is -2.27. The number of Topliss-reactive ketones (excluding diaryl/α,β-unsaturated/α-hetero) is 1. The first-order chi connectivity index (χ1) is 15.7. The fourth-order valence-electron chi connectivity index (χ4n) is 8.61. The zero-order chi connectivity index (χ0) is 23.5. The number of benzene rings is 1. The highest BCUT2D eigenvalue weighted by Gasteiger charge is 2.62. The number of allylic oxidation sites excluding steroid dienone is 2. The Morgan fingerprint density at radius 1 is 1.00 bits per heavy atom. The molecule has 3 saturated carbocycles. The second kappa shape index (κ2) is 7.90. The summed E-state index contributed by atoms with van der Waals surface area (Å²) in [7, 11) is 0. The predicted octanol–water partition coefficient (Wildman–Crippen LogP) is 4.78. The minimum absolute atomic E-state index is 0.000663. The third kappa shape index (κ3) is 3.26. The normalized spacial score (nSPS) is 39.8. The van der Waals surface area contributed by atoms with Gasteiger partial charge < -0.3 is 10.2 Å². The zero-order valence-corrected chi connectivity index (χ0v) is 19.5. The highest BCUT2D eigenvalue weighted by Crippen LogP contribution is 2.68. The van der Waals surface area contributed by atoms with Crippen molar-refractivity contribution in [2.75, 3.05) is 6.61 Å². The quantitative estimate of drug-likeness (QED) is 0.689. The van der Waals surface area contributed by atoms with Crippen molar-refractivity contribution in [1.82, 2.24) is 0 Å². The van der Waals surface area contributed by atoms with E-state index in [1.165, 1.54) is 0 Å². The molecular formula is C28H34O5. The number of carboxylic acids is 1. The van der Waals surface area contributed by atoms with Crippen LogP contribution in [0.4, 0.5) is 0 Å². The topological polar surface area (TPSA) is 91.7 Å². The minimum atomic E-state index is -0.947. The molecule has 0 aliphatic heterocycles. The van der Waals surface area contributed by atoms with Crippen LogP contribution in [0.5, 0.6) is 0 Å². The van der Waals surface area contributed by atoms with E-state index >= 15 is 0 Å². The Balaban J connectivity index is 1.52. The van der Waals surface area contributed by atoms with Gasteiger partial charge in [0.1, 0.15) is 6.61 Å². The monoisotopic (exact) mass is 450 g/mol. The second-order valence-electron chi connectivity index (χ2n) is 11.3. The molecule has 1 unspecified atom stereocenters. The van der Waals surface area contributed by atoms with Crippen molar-refractivity contribution in [2.24, 2.45) is 40.4 Å². The number of ketones is 2. The summed E-state index contributed by atoms with van der Waals surface area (Å²) in [6, 6.07) is 6.99. The SMILES string of the molecule is C[C@]12CC[C@H]3[C@@H](CCC4CC(=O)C=C(c5ccc(C(=O)O)cc5)[C@@]43C)[C@@H]1CC[C@@H]2C(=O)CO. The van der Waals surface area contributed by atoms with E-state index in [9.17, 15) is 24.6 Å². The van der Waals surface area contributed by atoms with Crippen molar-refractivity contribution in [3.8, 4) is 0 Å². The number of hydrogen-bond acceptors (Lipinski definition) is 4. The van der Waals surface area contributed by atoms with Gasteiger partial charge in [0.2, 0.25) is 0 Å². The molecule has 4 aliphatic carbocycles. The third-order valence-electron chi connectivity index (χ3n) is 10.2. The number of carboxylic acid groups (broad SMARTS) is 1. The van der Waals surface area contributed by atoms with Gasteiger partial charge >= 0.3 is 5.97 Å². The summed E-state index contributed by atoms with van der Waals surface area (Å²) in [4.78, 5) is 36.6. The van der Waals surface area contributed by atoms with Crippen LogP contribution >= 0.6 is 0 Å². The van der Waals surface area contributed by atoms with Crippen LogP contribution in [0.15, 0.2) is 30.3 Å². The van der Waals surface area contributed by atoms with E-state index in [-0.39, 0.29) is 40.5 Å². The summed E-state index contributed by atoms with van der Waals surface area (Å²) in [6.45, 7) is 4.26. The van der Waals surface area contributed by atoms with Crippen LogP contribution in [-0.4, -0.2) is 34.4 Å². The van der Waals surface area contributed by atoms with Crippen LogP contribution in [0.1, 0.15) is 74.7 Å². The summed E-state index contributed by atoms with van der Waals surface area (Å²) in [5.41, 5.74) is 2.10. The molecule has 0 spiro atoms. The molecule has 33 heavy (non-hydrogen) atoms. The Morgan fingerprint density at radius 3 is 2.39 bits per heavy atom. The van der Waals surface area contributed by atoms with Gasteiger partial charge in [-0.15, -0.1) is 0 Å². The fraction of sp³-hybridized carbons (Fsp3) is 0.607. The molecule has 5 rings (SSSR count). The van der Waals surface area contributed by atoms with E-state index in [2.05, 4.69) is 13.8 Å². The third-order valence-corrected chi connectivity index (χ3v) is 10.2. The molecule has 5 heteroatoms. The van der Waals surface area contributed by atoms with E-state index in [1.807, 2.05) is 18.2 Å². The largest absolute Gasteiger partial charge is 0.478 e. The molecule has 4 aliphatic rings. The molecule has 0 saturated heterocycles. The first kappa shape index (κ1) is 22.5. The van der Waals surface area contributed by atoms with Crippen LogP contribution in [0, 0.1) is 40.4 Å². The van der Waals surface area contributed by atoms with Crippen molar-refractivity contribution in [1.29, 1.82) is 0 Å². The molecule has 2 N–H and O–H groups in total. The van der Waals surface area contributed by atoms with Gasteiger partial charge in [0.05, 0.1) is 5.56 Å². The molecular weight excluding hydrogens is 416 g/mol. The van der Waals surface area contributed by atoms with E-state index in [0.29, 0.717) is 30.1 Å². The van der Waals surface area contributed by atoms with Crippen LogP contribution in [0.3, 0.4) is 0 Å². The number of hydrogen-bond donors (Lipinski definition) is 2. The fourth-order valence-corrected chi connectivity index (χ4v) is 8.61. The summed E-state index contributed by atoms with van der Waals surface area (Å²) in [5, 5.41) is 18.8. The van der Waals surface area contributed by atoms with E-state index in [0.717, 1.165) is 49.7 Å². The number of carbonyl (C=O) groups excluding carboxylic acids is 2. The van der Waals surface area contributed by atoms with Gasteiger partial charge in [0.15, 0.2) is 11.6 Å². The lowest BCUT2D eigenvalue weighted by Gasteiger charge is -2.60. The number of aliphatic hydroxyl groups is 1. The predicted molar refractivity (Wildman–Crippen MR) is 124 cm³/mol. The Morgan fingerprint density at radius 2 is 1.73 bits per heavy atom. The molecule has 176 valence electrons. The molecule has 0 heterocycles. The lowest BCUT2D eigenvalue weighted by molar-refractivity contribution is -0.135. The number of carbonyl (C=O) groups is 3. The Labute approximate surface area is 195 Å². The lowest BCUT2D eigenvalue weighted by atomic mass is 9.44. The van der Waals surface area contributed by atoms with E-state index in [4.69, 9.17) is 0 Å². The molecule has 7 atom stereocenters. The molecule has 0 aromatic heterocycles. The molecule has 0 amide bonds. The summed E-state index contributed by atoms with van der Waals surface area (Å²) in [6.07, 6.45) is 8.46. The number of fused-ring (bicyclic) bond motifs is 5. The van der Waals surface area contributed by atoms with Crippen LogP contribution < -0.4 is 0 Å². The van der Waals surface area contributed by atoms with Gasteiger partial charge in [-0.25, -0.2) is 4.79 Å². The van der Waals surface area contributed by atoms with Gasteiger partial charge in [0, 0.05) is 12.3 Å². The maximum absolute atomic E-state index is 12.7. The average molecular weight is 451 g/mol. The average Bonchev–Trinajstić information content (AvgIpc) is 3.16. The Kier molecular flexibility index (Phi) is 5.39. The van der Waals surface area contributed by atoms with Gasteiger partial charge in [-0.05, 0) is 102 Å². The van der Waals surface area contributed by atoms with Gasteiger partial charge in [-0.1, -0.05) is 26.0 Å². The van der Waals surface area contributed by atoms with Crippen LogP contribution in [-0.2, 0) is 9.59 Å². The first-order valence-corrected chi connectivity index (χ1v) is 12.4. The maximum atomic E-state index is 12.7. The smallest absolute Gasteiger partial charge is 0.335 e. The molecule has 3 fully saturated rings. The standard InChI is InChI=1S/C28H34O5/c1-27-12-11-22-20(21(27)9-10-23(27)25(31)15-29)8-7-18-13-19(30)14-24(28(18,22)2)16-3-5-17(6-4-16)26(32)33/h3-6,14,18,20-23,29H,7-13,15H2,1-2H3,(H,32,33)/t18?,20-,21-,22-,23+,27-,28-/m0/s1. The van der Waals surface area contributed by atoms with Crippen molar-refractivity contribution >= 4 is 23.1 Å². The van der Waals surface area contributed by atoms with Crippen LogP contribution in [0.2, 0.25) is 0 Å². The number of aromatic carboxylic acids is 1. The molecule has 1 aromatic carbocycles. The summed E-state index contributed by atoms with van der Waals surface area (Å²) >= 11 is 0. The van der Waals surface area contributed by atoms with Crippen LogP contribution in [0.25, 0.3) is 5.57 Å². The molecule has 0 radical (unpaired) electrons. The lowest BCUT2D eigenvalue weighted by Crippen LogP contribution is -2.54. The Bertz CT molecular complexity index is 1020. The maximum Gasteiger partial charge on any atom is 0.335 e. The first-order valence-electron chi connectivity index (χ1n) is 12.4. The number of rotatable bonds is 4.